The van der Waals surface area contributed by atoms with Gasteiger partial charge in [0.2, 0.25) is 0 Å². The lowest BCUT2D eigenvalue weighted by atomic mass is 9.99. The van der Waals surface area contributed by atoms with E-state index in [1.807, 2.05) is 0 Å². The fourth-order valence-electron chi connectivity index (χ4n) is 4.17. The van der Waals surface area contributed by atoms with Gasteiger partial charge in [0.25, 0.3) is 0 Å². The van der Waals surface area contributed by atoms with Crippen LogP contribution in [0.5, 0.6) is 0 Å². The minimum atomic E-state index is -0.0502. The van der Waals surface area contributed by atoms with Gasteiger partial charge in [-0.25, -0.2) is 0 Å². The van der Waals surface area contributed by atoms with Gasteiger partial charge >= 0.3 is 11.9 Å². The first kappa shape index (κ1) is 31.9. The lowest BCUT2D eigenvalue weighted by Gasteiger charge is -2.15. The second-order valence-corrected chi connectivity index (χ2v) is 9.88. The molecule has 0 radical (unpaired) electrons. The molecule has 4 heteroatoms. The molecule has 0 amide bonds. The molecule has 2 unspecified atom stereocenters. The van der Waals surface area contributed by atoms with Gasteiger partial charge in [0.15, 0.2) is 0 Å². The van der Waals surface area contributed by atoms with Crippen LogP contribution in [0.3, 0.4) is 0 Å². The highest BCUT2D eigenvalue weighted by atomic mass is 16.5. The lowest BCUT2D eigenvalue weighted by molar-refractivity contribution is -0.146. The largest absolute Gasteiger partial charge is 0.465 e. The van der Waals surface area contributed by atoms with Crippen LogP contribution in [0.1, 0.15) is 150 Å². The second-order valence-electron chi connectivity index (χ2n) is 9.88. The number of carbonyl (C=O) groups excluding carboxylic acids is 2. The molecule has 33 heavy (non-hydrogen) atoms. The van der Waals surface area contributed by atoms with Crippen LogP contribution in [0.2, 0.25) is 0 Å². The Balaban J connectivity index is 3.63. The quantitative estimate of drug-likeness (QED) is 0.105. The lowest BCUT2D eigenvalue weighted by Crippen LogP contribution is -2.14. The van der Waals surface area contributed by atoms with Gasteiger partial charge in [-0.05, 0) is 37.5 Å². The number of hydrogen-bond acceptors (Lipinski definition) is 4. The molecule has 0 aliphatic heterocycles. The van der Waals surface area contributed by atoms with E-state index >= 15 is 0 Å². The third kappa shape index (κ3) is 21.2. The summed E-state index contributed by atoms with van der Waals surface area (Å²) in [5.74, 6) is 0.926. The Morgan fingerprint density at radius 1 is 0.515 bits per heavy atom. The van der Waals surface area contributed by atoms with Gasteiger partial charge in [0.05, 0.1) is 13.2 Å². The van der Waals surface area contributed by atoms with Crippen molar-refractivity contribution < 1.29 is 19.1 Å². The highest BCUT2D eigenvalue weighted by molar-refractivity contribution is 5.69. The summed E-state index contributed by atoms with van der Waals surface area (Å²) in [5.41, 5.74) is 0. The third-order valence-electron chi connectivity index (χ3n) is 6.81. The molecule has 196 valence electrons. The van der Waals surface area contributed by atoms with E-state index in [9.17, 15) is 9.59 Å². The van der Waals surface area contributed by atoms with E-state index in [-0.39, 0.29) is 11.9 Å². The second kappa shape index (κ2) is 24.1. The number of ether oxygens (including phenoxy) is 2. The van der Waals surface area contributed by atoms with E-state index in [2.05, 4.69) is 27.7 Å². The van der Waals surface area contributed by atoms with Gasteiger partial charge < -0.3 is 9.47 Å². The fourth-order valence-corrected chi connectivity index (χ4v) is 4.17. The summed E-state index contributed by atoms with van der Waals surface area (Å²) in [4.78, 5) is 24.0. The van der Waals surface area contributed by atoms with Crippen LogP contribution < -0.4 is 0 Å². The highest BCUT2D eigenvalue weighted by Crippen LogP contribution is 2.17. The van der Waals surface area contributed by atoms with Crippen LogP contribution in [0.15, 0.2) is 0 Å². The Hall–Kier alpha value is -1.06. The average molecular weight is 469 g/mol. The molecule has 0 aromatic heterocycles. The van der Waals surface area contributed by atoms with Gasteiger partial charge in [-0.2, -0.15) is 0 Å². The minimum Gasteiger partial charge on any atom is -0.465 e. The SMILES string of the molecule is CCCCCCC(CC)COC(=O)CCCCCCCC(=O)OCC(CC)CCCCCC. The van der Waals surface area contributed by atoms with Crippen molar-refractivity contribution in [2.45, 2.75) is 150 Å². The maximum atomic E-state index is 12.0. The van der Waals surface area contributed by atoms with E-state index < -0.39 is 0 Å². The Bertz CT molecular complexity index is 409. The predicted molar refractivity (Wildman–Crippen MR) is 139 cm³/mol. The Labute approximate surface area is 206 Å². The fraction of sp³-hybridized carbons (Fsp3) is 0.931. The molecule has 2 atom stereocenters. The summed E-state index contributed by atoms with van der Waals surface area (Å²) in [6.45, 7) is 10.00. The molecule has 0 N–H and O–H groups in total. The summed E-state index contributed by atoms with van der Waals surface area (Å²) in [6, 6.07) is 0. The first-order chi connectivity index (χ1) is 16.1. The molecule has 0 heterocycles. The summed E-state index contributed by atoms with van der Waals surface area (Å²) < 4.78 is 11.0. The highest BCUT2D eigenvalue weighted by Gasteiger charge is 2.11. The van der Waals surface area contributed by atoms with Crippen molar-refractivity contribution in [3.05, 3.63) is 0 Å². The molecule has 0 aliphatic rings. The van der Waals surface area contributed by atoms with Gasteiger partial charge in [0.1, 0.15) is 0 Å². The number of esters is 2. The van der Waals surface area contributed by atoms with Crippen molar-refractivity contribution in [3.8, 4) is 0 Å². The summed E-state index contributed by atoms with van der Waals surface area (Å²) >= 11 is 0. The van der Waals surface area contributed by atoms with Crippen molar-refractivity contribution in [1.82, 2.24) is 0 Å². The smallest absolute Gasteiger partial charge is 0.305 e. The summed E-state index contributed by atoms with van der Waals surface area (Å²) in [5, 5.41) is 0. The molecular weight excluding hydrogens is 412 g/mol. The first-order valence-corrected chi connectivity index (χ1v) is 14.4. The van der Waals surface area contributed by atoms with Crippen molar-refractivity contribution in [2.75, 3.05) is 13.2 Å². The molecule has 0 rings (SSSR count). The monoisotopic (exact) mass is 468 g/mol. The zero-order valence-corrected chi connectivity index (χ0v) is 22.6. The number of rotatable bonds is 24. The molecule has 0 fully saturated rings. The predicted octanol–water partition coefficient (Wildman–Crippen LogP) is 8.80. The van der Waals surface area contributed by atoms with E-state index in [1.165, 1.54) is 64.2 Å². The molecule has 0 bridgehead atoms. The van der Waals surface area contributed by atoms with Gasteiger partial charge in [-0.1, -0.05) is 111 Å². The Kier molecular flexibility index (Phi) is 23.3. The topological polar surface area (TPSA) is 52.6 Å². The Morgan fingerprint density at radius 3 is 1.24 bits per heavy atom. The van der Waals surface area contributed by atoms with E-state index in [4.69, 9.17) is 9.47 Å². The maximum Gasteiger partial charge on any atom is 0.305 e. The van der Waals surface area contributed by atoms with Gasteiger partial charge in [-0.15, -0.1) is 0 Å². The summed E-state index contributed by atoms with van der Waals surface area (Å²) in [7, 11) is 0. The van der Waals surface area contributed by atoms with Crippen molar-refractivity contribution in [3.63, 3.8) is 0 Å². The van der Waals surface area contributed by atoms with Crippen molar-refractivity contribution >= 4 is 11.9 Å². The normalized spacial score (nSPS) is 13.0. The zero-order valence-electron chi connectivity index (χ0n) is 22.6. The minimum absolute atomic E-state index is 0.0502. The maximum absolute atomic E-state index is 12.0. The van der Waals surface area contributed by atoms with Crippen LogP contribution in [0, 0.1) is 11.8 Å². The summed E-state index contributed by atoms with van der Waals surface area (Å²) in [6.07, 6.45) is 20.6. The Morgan fingerprint density at radius 2 is 0.879 bits per heavy atom. The molecule has 0 aromatic rings. The van der Waals surface area contributed by atoms with Crippen LogP contribution in [0.25, 0.3) is 0 Å². The molecule has 0 aromatic carbocycles. The number of unbranched alkanes of at least 4 members (excludes halogenated alkanes) is 10. The molecule has 0 saturated heterocycles. The van der Waals surface area contributed by atoms with Crippen LogP contribution in [0.4, 0.5) is 0 Å². The van der Waals surface area contributed by atoms with E-state index in [0.717, 1.165) is 44.9 Å². The molecule has 0 saturated carbocycles. The van der Waals surface area contributed by atoms with Crippen LogP contribution in [-0.2, 0) is 19.1 Å². The molecule has 4 nitrogen and oxygen atoms in total. The van der Waals surface area contributed by atoms with Crippen LogP contribution >= 0.6 is 0 Å². The molecule has 0 aliphatic carbocycles. The first-order valence-electron chi connectivity index (χ1n) is 14.4. The third-order valence-corrected chi connectivity index (χ3v) is 6.81. The molecular formula is C29H56O4. The van der Waals surface area contributed by atoms with Crippen molar-refractivity contribution in [2.24, 2.45) is 11.8 Å². The van der Waals surface area contributed by atoms with Crippen molar-refractivity contribution in [1.29, 1.82) is 0 Å². The van der Waals surface area contributed by atoms with Crippen LogP contribution in [-0.4, -0.2) is 25.2 Å². The standard InChI is InChI=1S/C29H56O4/c1-5-9-11-16-20-26(7-3)24-32-28(30)22-18-14-13-15-19-23-29(31)33-25-27(8-4)21-17-12-10-6-2/h26-27H,5-25H2,1-4H3. The van der Waals surface area contributed by atoms with Gasteiger partial charge in [0, 0.05) is 12.8 Å². The number of hydrogen-bond donors (Lipinski definition) is 0. The molecule has 0 spiro atoms. The van der Waals surface area contributed by atoms with E-state index in [1.54, 1.807) is 0 Å². The zero-order chi connectivity index (χ0) is 24.6. The van der Waals surface area contributed by atoms with E-state index in [0.29, 0.717) is 37.9 Å². The average Bonchev–Trinajstić information content (AvgIpc) is 2.82. The van der Waals surface area contributed by atoms with Gasteiger partial charge in [-0.3, -0.25) is 9.59 Å². The number of carbonyl (C=O) groups is 2.